The lowest BCUT2D eigenvalue weighted by atomic mass is 10.1. The number of aromatic nitrogens is 4. The van der Waals surface area contributed by atoms with Gasteiger partial charge in [-0.1, -0.05) is 103 Å². The van der Waals surface area contributed by atoms with E-state index in [0.717, 1.165) is 93.9 Å². The minimum absolute atomic E-state index is 0.706. The summed E-state index contributed by atoms with van der Waals surface area (Å²) in [6.45, 7) is 0. The zero-order valence-corrected chi connectivity index (χ0v) is 29.5. The van der Waals surface area contributed by atoms with Crippen molar-refractivity contribution in [2.45, 2.75) is 0 Å². The Hall–Kier alpha value is -7.50. The van der Waals surface area contributed by atoms with Crippen molar-refractivity contribution in [2.24, 2.45) is 0 Å². The van der Waals surface area contributed by atoms with Gasteiger partial charge in [-0.3, -0.25) is 0 Å². The first-order valence-corrected chi connectivity index (χ1v) is 18.6. The van der Waals surface area contributed by atoms with E-state index in [1.165, 1.54) is 10.8 Å². The number of hydrogen-bond acceptors (Lipinski definition) is 3. The van der Waals surface area contributed by atoms with Crippen LogP contribution in [0, 0.1) is 0 Å². The molecule has 0 saturated carbocycles. The zero-order chi connectivity index (χ0) is 36.0. The second-order valence-corrected chi connectivity index (χ2v) is 14.1. The molecule has 0 spiro atoms. The molecule has 0 aliphatic heterocycles. The van der Waals surface area contributed by atoms with E-state index in [2.05, 4.69) is 167 Å². The van der Waals surface area contributed by atoms with Gasteiger partial charge >= 0.3 is 0 Å². The molecule has 4 aromatic heterocycles. The fourth-order valence-electron chi connectivity index (χ4n) is 8.73. The molecular weight excluding hydrogens is 673 g/mol. The van der Waals surface area contributed by atoms with Crippen LogP contribution in [0.15, 0.2) is 186 Å². The van der Waals surface area contributed by atoms with Crippen LogP contribution in [0.4, 0.5) is 0 Å². The largest absolute Gasteiger partial charge is 0.455 e. The number of benzene rings is 8. The second-order valence-electron chi connectivity index (χ2n) is 14.1. The summed E-state index contributed by atoms with van der Waals surface area (Å²) in [6.07, 6.45) is 0. The Morgan fingerprint density at radius 1 is 0.382 bits per heavy atom. The fourth-order valence-corrected chi connectivity index (χ4v) is 8.73. The van der Waals surface area contributed by atoms with Gasteiger partial charge in [0.2, 0.25) is 0 Å². The molecule has 55 heavy (non-hydrogen) atoms. The standard InChI is InChI=1S/C50H30N4O/c1-3-13-31(14-4-1)47-37-18-7-10-20-40(37)51-50(52-47)32-23-25-34(26-24-32)53-41-21-11-8-19-38(41)45-42(53)30-28-39-46-43(54(48(39)45)33-15-5-2-6-16-33)29-27-36-35-17-9-12-22-44(35)55-49(36)46/h1-30H. The third-order valence-electron chi connectivity index (χ3n) is 11.1. The fraction of sp³-hybridized carbons (Fsp3) is 0. The third-order valence-corrected chi connectivity index (χ3v) is 11.1. The first-order chi connectivity index (χ1) is 27.3. The molecule has 12 rings (SSSR count). The van der Waals surface area contributed by atoms with Gasteiger partial charge in [0.1, 0.15) is 11.2 Å². The first-order valence-electron chi connectivity index (χ1n) is 18.6. The maximum absolute atomic E-state index is 6.67. The number of furan rings is 1. The van der Waals surface area contributed by atoms with Gasteiger partial charge in [-0.05, 0) is 78.9 Å². The SMILES string of the molecule is c1ccc(-c2nc(-c3ccc(-n4c5ccccc5c5c4ccc4c6c7oc8ccccc8c7ccc6n(-c6ccccc6)c45)cc3)nc3ccccc23)cc1. The topological polar surface area (TPSA) is 48.8 Å². The number of nitrogens with zero attached hydrogens (tertiary/aromatic N) is 4. The lowest BCUT2D eigenvalue weighted by Crippen LogP contribution is -1.97. The highest BCUT2D eigenvalue weighted by Gasteiger charge is 2.24. The molecule has 0 unspecified atom stereocenters. The monoisotopic (exact) mass is 702 g/mol. The summed E-state index contributed by atoms with van der Waals surface area (Å²) in [7, 11) is 0. The number of hydrogen-bond donors (Lipinski definition) is 0. The van der Waals surface area contributed by atoms with Crippen LogP contribution < -0.4 is 0 Å². The van der Waals surface area contributed by atoms with Crippen LogP contribution in [0.25, 0.3) is 110 Å². The Bertz CT molecular complexity index is 3470. The van der Waals surface area contributed by atoms with Crippen LogP contribution in [0.1, 0.15) is 0 Å². The zero-order valence-electron chi connectivity index (χ0n) is 29.5. The maximum atomic E-state index is 6.67. The molecule has 0 saturated heterocycles. The van der Waals surface area contributed by atoms with Gasteiger partial charge in [-0.25, -0.2) is 9.97 Å². The van der Waals surface area contributed by atoms with Crippen LogP contribution in [0.3, 0.4) is 0 Å². The van der Waals surface area contributed by atoms with Crippen LogP contribution in [-0.2, 0) is 0 Å². The Labute approximate surface area is 315 Å². The summed E-state index contributed by atoms with van der Waals surface area (Å²) in [5.41, 5.74) is 12.5. The normalized spacial score (nSPS) is 12.0. The number of para-hydroxylation sites is 4. The predicted molar refractivity (Wildman–Crippen MR) is 226 cm³/mol. The summed E-state index contributed by atoms with van der Waals surface area (Å²) in [5, 5.41) is 7.98. The lowest BCUT2D eigenvalue weighted by molar-refractivity contribution is 0.673. The van der Waals surface area contributed by atoms with Crippen LogP contribution in [-0.4, -0.2) is 19.1 Å². The van der Waals surface area contributed by atoms with E-state index in [1.807, 2.05) is 24.3 Å². The van der Waals surface area contributed by atoms with E-state index >= 15 is 0 Å². The van der Waals surface area contributed by atoms with Crippen molar-refractivity contribution in [3.63, 3.8) is 0 Å². The molecular formula is C50H30N4O. The van der Waals surface area contributed by atoms with Crippen molar-refractivity contribution >= 4 is 76.5 Å². The first kappa shape index (κ1) is 30.0. The molecule has 0 aliphatic carbocycles. The van der Waals surface area contributed by atoms with Gasteiger partial charge in [0.05, 0.1) is 38.7 Å². The summed E-state index contributed by atoms with van der Waals surface area (Å²) < 4.78 is 11.5. The van der Waals surface area contributed by atoms with Crippen molar-refractivity contribution in [3.05, 3.63) is 182 Å². The number of rotatable bonds is 4. The van der Waals surface area contributed by atoms with E-state index in [9.17, 15) is 0 Å². The Kier molecular flexibility index (Phi) is 6.27. The maximum Gasteiger partial charge on any atom is 0.160 e. The van der Waals surface area contributed by atoms with Crippen molar-refractivity contribution in [1.29, 1.82) is 0 Å². The molecule has 5 heteroatoms. The van der Waals surface area contributed by atoms with Gasteiger partial charge in [0, 0.05) is 54.8 Å². The Morgan fingerprint density at radius 3 is 1.84 bits per heavy atom. The predicted octanol–water partition coefficient (Wildman–Crippen LogP) is 13.1. The van der Waals surface area contributed by atoms with Crippen LogP contribution in [0.5, 0.6) is 0 Å². The smallest absolute Gasteiger partial charge is 0.160 e. The third kappa shape index (κ3) is 4.35. The van der Waals surface area contributed by atoms with E-state index in [0.29, 0.717) is 5.82 Å². The molecule has 0 atom stereocenters. The molecule has 5 nitrogen and oxygen atoms in total. The second kappa shape index (κ2) is 11.5. The van der Waals surface area contributed by atoms with E-state index < -0.39 is 0 Å². The molecule has 0 amide bonds. The molecule has 12 aromatic rings. The molecule has 0 radical (unpaired) electrons. The minimum Gasteiger partial charge on any atom is -0.455 e. The number of fused-ring (bicyclic) bond motifs is 12. The van der Waals surface area contributed by atoms with Gasteiger partial charge in [0.15, 0.2) is 5.82 Å². The summed E-state index contributed by atoms with van der Waals surface area (Å²) in [4.78, 5) is 10.2. The molecule has 4 heterocycles. The molecule has 8 aromatic carbocycles. The molecule has 256 valence electrons. The van der Waals surface area contributed by atoms with E-state index in [4.69, 9.17) is 14.4 Å². The quantitative estimate of drug-likeness (QED) is 0.183. The molecule has 0 aliphatic rings. The highest BCUT2D eigenvalue weighted by molar-refractivity contribution is 6.31. The van der Waals surface area contributed by atoms with Crippen LogP contribution >= 0.6 is 0 Å². The summed E-state index contributed by atoms with van der Waals surface area (Å²) >= 11 is 0. The van der Waals surface area contributed by atoms with E-state index in [-0.39, 0.29) is 0 Å². The summed E-state index contributed by atoms with van der Waals surface area (Å²) in [5.74, 6) is 0.706. The Balaban J connectivity index is 1.11. The van der Waals surface area contributed by atoms with Gasteiger partial charge in [0.25, 0.3) is 0 Å². The lowest BCUT2D eigenvalue weighted by Gasteiger charge is -2.11. The molecule has 0 N–H and O–H groups in total. The van der Waals surface area contributed by atoms with Crippen molar-refractivity contribution < 1.29 is 4.42 Å². The van der Waals surface area contributed by atoms with Crippen molar-refractivity contribution in [3.8, 4) is 34.0 Å². The average molecular weight is 703 g/mol. The Morgan fingerprint density at radius 2 is 1.02 bits per heavy atom. The van der Waals surface area contributed by atoms with Crippen LogP contribution in [0.2, 0.25) is 0 Å². The highest BCUT2D eigenvalue weighted by atomic mass is 16.3. The highest BCUT2D eigenvalue weighted by Crippen LogP contribution is 2.45. The average Bonchev–Trinajstić information content (AvgIpc) is 3.91. The molecule has 0 bridgehead atoms. The minimum atomic E-state index is 0.706. The summed E-state index contributed by atoms with van der Waals surface area (Å²) in [6, 6.07) is 64.1. The van der Waals surface area contributed by atoms with Crippen molar-refractivity contribution in [1.82, 2.24) is 19.1 Å². The van der Waals surface area contributed by atoms with Crippen molar-refractivity contribution in [2.75, 3.05) is 0 Å². The van der Waals surface area contributed by atoms with Gasteiger partial charge in [-0.15, -0.1) is 0 Å². The van der Waals surface area contributed by atoms with Gasteiger partial charge in [-0.2, -0.15) is 0 Å². The molecule has 0 fully saturated rings. The van der Waals surface area contributed by atoms with E-state index in [1.54, 1.807) is 0 Å². The van der Waals surface area contributed by atoms with Gasteiger partial charge < -0.3 is 13.6 Å².